The van der Waals surface area contributed by atoms with Crippen LogP contribution in [0.5, 0.6) is 0 Å². The number of benzene rings is 2. The maximum atomic E-state index is 13.4. The molecule has 2 bridgehead atoms. The van der Waals surface area contributed by atoms with Crippen molar-refractivity contribution in [2.45, 2.75) is 81.7 Å². The Labute approximate surface area is 219 Å². The molecule has 2 aromatic carbocycles. The third kappa shape index (κ3) is 4.28. The van der Waals surface area contributed by atoms with E-state index in [1.807, 2.05) is 52.0 Å². The second-order valence-corrected chi connectivity index (χ2v) is 12.1. The molecule has 0 radical (unpaired) electrons. The molecule has 37 heavy (non-hydrogen) atoms. The standard InChI is InChI=1S/C29H36BNO6/c1-27(2)28(3,4)37-30(36-27)18-29(33)13-19-15-34-16-20(14-29)31(19)26(32)35-17-25-23-11-7-5-9-21(23)22-10-6-8-12-24(22)25/h5-12,19-20,25,33H,13-18H2,1-4H3. The van der Waals surface area contributed by atoms with E-state index in [2.05, 4.69) is 24.3 Å². The number of fused-ring (bicyclic) bond motifs is 5. The molecule has 3 heterocycles. The van der Waals surface area contributed by atoms with Crippen LogP contribution in [0.25, 0.3) is 11.1 Å². The minimum Gasteiger partial charge on any atom is -0.448 e. The van der Waals surface area contributed by atoms with Gasteiger partial charge in [0.05, 0.1) is 42.1 Å². The summed E-state index contributed by atoms with van der Waals surface area (Å²) in [5.74, 6) is 0.0116. The molecule has 6 rings (SSSR count). The molecule has 1 N–H and O–H groups in total. The van der Waals surface area contributed by atoms with Crippen LogP contribution in [0, 0.1) is 0 Å². The van der Waals surface area contributed by atoms with Gasteiger partial charge in [0.25, 0.3) is 0 Å². The number of carbonyl (C=O) groups excluding carboxylic acids is 1. The zero-order chi connectivity index (χ0) is 26.0. The fourth-order valence-electron chi connectivity index (χ4n) is 6.57. The lowest BCUT2D eigenvalue weighted by Crippen LogP contribution is -2.64. The first-order valence-corrected chi connectivity index (χ1v) is 13.4. The Kier molecular flexibility index (Phi) is 5.95. The van der Waals surface area contributed by atoms with E-state index in [1.54, 1.807) is 4.90 Å². The number of nitrogens with zero attached hydrogens (tertiary/aromatic N) is 1. The molecule has 3 saturated heterocycles. The lowest BCUT2D eigenvalue weighted by atomic mass is 9.67. The summed E-state index contributed by atoms with van der Waals surface area (Å²) in [5, 5.41) is 11.6. The molecule has 7 nitrogen and oxygen atoms in total. The van der Waals surface area contributed by atoms with Crippen LogP contribution in [-0.2, 0) is 18.8 Å². The highest BCUT2D eigenvalue weighted by atomic mass is 16.7. The summed E-state index contributed by atoms with van der Waals surface area (Å²) in [4.78, 5) is 15.2. The van der Waals surface area contributed by atoms with E-state index in [4.69, 9.17) is 18.8 Å². The highest BCUT2D eigenvalue weighted by Crippen LogP contribution is 2.46. The van der Waals surface area contributed by atoms with Crippen molar-refractivity contribution in [3.05, 3.63) is 59.7 Å². The van der Waals surface area contributed by atoms with E-state index < -0.39 is 23.9 Å². The van der Waals surface area contributed by atoms with Crippen molar-refractivity contribution in [2.24, 2.45) is 0 Å². The van der Waals surface area contributed by atoms with Gasteiger partial charge in [-0.25, -0.2) is 4.79 Å². The van der Waals surface area contributed by atoms with Crippen molar-refractivity contribution in [1.82, 2.24) is 4.90 Å². The fourth-order valence-corrected chi connectivity index (χ4v) is 6.57. The lowest BCUT2D eigenvalue weighted by Gasteiger charge is -2.51. The van der Waals surface area contributed by atoms with E-state index in [0.29, 0.717) is 32.4 Å². The van der Waals surface area contributed by atoms with E-state index in [1.165, 1.54) is 22.3 Å². The molecular weight excluding hydrogens is 469 g/mol. The Bertz CT molecular complexity index is 1120. The van der Waals surface area contributed by atoms with Gasteiger partial charge in [0.15, 0.2) is 0 Å². The van der Waals surface area contributed by atoms with E-state index in [0.717, 1.165) is 0 Å². The van der Waals surface area contributed by atoms with Crippen molar-refractivity contribution in [3.8, 4) is 11.1 Å². The molecule has 3 fully saturated rings. The van der Waals surface area contributed by atoms with Crippen molar-refractivity contribution in [2.75, 3.05) is 19.8 Å². The van der Waals surface area contributed by atoms with Crippen LogP contribution >= 0.6 is 0 Å². The molecule has 2 aromatic rings. The van der Waals surface area contributed by atoms with Gasteiger partial charge >= 0.3 is 13.2 Å². The fraction of sp³-hybridized carbons (Fsp3) is 0.552. The average molecular weight is 505 g/mol. The van der Waals surface area contributed by atoms with Crippen LogP contribution in [0.1, 0.15) is 57.6 Å². The van der Waals surface area contributed by atoms with Gasteiger partial charge in [-0.2, -0.15) is 0 Å². The first-order chi connectivity index (χ1) is 17.6. The van der Waals surface area contributed by atoms with E-state index in [9.17, 15) is 9.90 Å². The predicted octanol–water partition coefficient (Wildman–Crippen LogP) is 4.62. The molecule has 196 valence electrons. The SMILES string of the molecule is CC1(C)OB(CC2(O)CC3COCC(C2)N3C(=O)OCC2c3ccccc3-c3ccccc32)OC1(C)C. The Morgan fingerprint density at radius 2 is 1.46 bits per heavy atom. The second kappa shape index (κ2) is 8.84. The minimum atomic E-state index is -1.000. The number of amides is 1. The normalized spacial score (nSPS) is 29.6. The molecule has 1 aliphatic carbocycles. The molecule has 1 amide bonds. The number of morpholine rings is 1. The summed E-state index contributed by atoms with van der Waals surface area (Å²) >= 11 is 0. The zero-order valence-electron chi connectivity index (χ0n) is 22.1. The van der Waals surface area contributed by atoms with Crippen molar-refractivity contribution in [3.63, 3.8) is 0 Å². The second-order valence-electron chi connectivity index (χ2n) is 12.1. The molecule has 8 heteroatoms. The summed E-state index contributed by atoms with van der Waals surface area (Å²) in [5.41, 5.74) is 2.89. The van der Waals surface area contributed by atoms with Gasteiger partial charge in [-0.1, -0.05) is 48.5 Å². The van der Waals surface area contributed by atoms with Crippen molar-refractivity contribution >= 4 is 13.2 Å². The third-order valence-corrected chi connectivity index (χ3v) is 9.03. The van der Waals surface area contributed by atoms with Crippen LogP contribution in [-0.4, -0.2) is 71.9 Å². The van der Waals surface area contributed by atoms with Gasteiger partial charge in [0.1, 0.15) is 6.61 Å². The zero-order valence-corrected chi connectivity index (χ0v) is 22.1. The Balaban J connectivity index is 1.14. The number of piperidine rings is 1. The van der Waals surface area contributed by atoms with E-state index in [-0.39, 0.29) is 30.7 Å². The number of ether oxygens (including phenoxy) is 2. The monoisotopic (exact) mass is 505 g/mol. The van der Waals surface area contributed by atoms with Crippen molar-refractivity contribution < 1.29 is 28.7 Å². The molecule has 0 spiro atoms. The highest BCUT2D eigenvalue weighted by molar-refractivity contribution is 6.45. The summed E-state index contributed by atoms with van der Waals surface area (Å²) in [6, 6.07) is 16.1. The smallest absolute Gasteiger partial charge is 0.448 e. The van der Waals surface area contributed by atoms with Crippen LogP contribution < -0.4 is 0 Å². The average Bonchev–Trinajstić information content (AvgIpc) is 3.25. The van der Waals surface area contributed by atoms with Gasteiger partial charge < -0.3 is 23.9 Å². The predicted molar refractivity (Wildman–Crippen MR) is 140 cm³/mol. The Hall–Kier alpha value is -2.39. The molecule has 0 saturated carbocycles. The first kappa shape index (κ1) is 24.9. The van der Waals surface area contributed by atoms with Gasteiger partial charge in [0, 0.05) is 12.2 Å². The Morgan fingerprint density at radius 1 is 0.946 bits per heavy atom. The molecule has 0 aromatic heterocycles. The van der Waals surface area contributed by atoms with Gasteiger partial charge in [0.2, 0.25) is 0 Å². The maximum absolute atomic E-state index is 13.4. The summed E-state index contributed by atoms with van der Waals surface area (Å²) in [7, 11) is -0.488. The molecule has 4 aliphatic rings. The van der Waals surface area contributed by atoms with Crippen LogP contribution in [0.4, 0.5) is 4.79 Å². The Morgan fingerprint density at radius 3 is 2.00 bits per heavy atom. The van der Waals surface area contributed by atoms with E-state index >= 15 is 0 Å². The summed E-state index contributed by atoms with van der Waals surface area (Å²) in [6.45, 7) is 9.10. The number of hydrogen-bond acceptors (Lipinski definition) is 6. The maximum Gasteiger partial charge on any atom is 0.460 e. The van der Waals surface area contributed by atoms with Gasteiger partial charge in [-0.3, -0.25) is 4.90 Å². The van der Waals surface area contributed by atoms with Crippen LogP contribution in [0.3, 0.4) is 0 Å². The lowest BCUT2D eigenvalue weighted by molar-refractivity contribution is -0.127. The minimum absolute atomic E-state index is 0.0116. The number of hydrogen-bond donors (Lipinski definition) is 1. The number of aliphatic hydroxyl groups is 1. The van der Waals surface area contributed by atoms with Crippen molar-refractivity contribution in [1.29, 1.82) is 0 Å². The molecular formula is C29H36BNO6. The quantitative estimate of drug-likeness (QED) is 0.612. The highest BCUT2D eigenvalue weighted by Gasteiger charge is 2.56. The number of carbonyl (C=O) groups is 1. The molecule has 3 aliphatic heterocycles. The summed E-state index contributed by atoms with van der Waals surface area (Å²) < 4.78 is 24.1. The van der Waals surface area contributed by atoms with Crippen LogP contribution in [0.2, 0.25) is 6.32 Å². The van der Waals surface area contributed by atoms with Crippen LogP contribution in [0.15, 0.2) is 48.5 Å². The van der Waals surface area contributed by atoms with Gasteiger partial charge in [-0.05, 0) is 62.8 Å². The topological polar surface area (TPSA) is 77.5 Å². The largest absolute Gasteiger partial charge is 0.460 e. The summed E-state index contributed by atoms with van der Waals surface area (Å²) in [6.07, 6.45) is 0.832. The van der Waals surface area contributed by atoms with Gasteiger partial charge in [-0.15, -0.1) is 0 Å². The third-order valence-electron chi connectivity index (χ3n) is 9.03. The first-order valence-electron chi connectivity index (χ1n) is 13.4. The molecule has 2 atom stereocenters. The number of rotatable bonds is 4. The molecule has 2 unspecified atom stereocenters.